The molecule has 0 saturated carbocycles. The number of halogens is 2. The fourth-order valence-corrected chi connectivity index (χ4v) is 2.26. The van der Waals surface area contributed by atoms with Gasteiger partial charge in [0.1, 0.15) is 0 Å². The van der Waals surface area contributed by atoms with Gasteiger partial charge in [-0.1, -0.05) is 13.0 Å². The van der Waals surface area contributed by atoms with Crippen LogP contribution in [0.3, 0.4) is 0 Å². The van der Waals surface area contributed by atoms with Crippen LogP contribution in [-0.2, 0) is 11.2 Å². The molecule has 0 radical (unpaired) electrons. The van der Waals surface area contributed by atoms with Gasteiger partial charge in [-0.15, -0.1) is 0 Å². The smallest absolute Gasteiger partial charge is 0.227 e. The molecule has 0 bridgehead atoms. The van der Waals surface area contributed by atoms with Crippen LogP contribution in [0.4, 0.5) is 8.78 Å². The van der Waals surface area contributed by atoms with Gasteiger partial charge >= 0.3 is 0 Å². The molecule has 3 nitrogen and oxygen atoms in total. The molecule has 2 rings (SSSR count). The van der Waals surface area contributed by atoms with E-state index in [4.69, 9.17) is 5.73 Å². The lowest BCUT2D eigenvalue weighted by molar-refractivity contribution is -0.132. The van der Waals surface area contributed by atoms with Gasteiger partial charge in [0.05, 0.1) is 6.42 Å². The van der Waals surface area contributed by atoms with Crippen molar-refractivity contribution >= 4 is 5.91 Å². The summed E-state index contributed by atoms with van der Waals surface area (Å²) in [6.45, 7) is 3.28. The fourth-order valence-electron chi connectivity index (χ4n) is 2.26. The predicted molar refractivity (Wildman–Crippen MR) is 68.4 cm³/mol. The van der Waals surface area contributed by atoms with E-state index in [1.807, 2.05) is 0 Å². The van der Waals surface area contributed by atoms with Crippen LogP contribution < -0.4 is 5.73 Å². The predicted octanol–water partition coefficient (Wildman–Crippen LogP) is 1.70. The number of hydrogen-bond donors (Lipinski definition) is 1. The summed E-state index contributed by atoms with van der Waals surface area (Å²) in [6.07, 6.45) is 0.961. The van der Waals surface area contributed by atoms with E-state index in [9.17, 15) is 13.6 Å². The second-order valence-corrected chi connectivity index (χ2v) is 5.19. The first-order valence-electron chi connectivity index (χ1n) is 6.44. The van der Waals surface area contributed by atoms with E-state index in [-0.39, 0.29) is 18.4 Å². The molecule has 2 unspecified atom stereocenters. The molecular formula is C14H18F2N2O. The van der Waals surface area contributed by atoms with Crippen LogP contribution in [0.5, 0.6) is 0 Å². The molecule has 2 atom stereocenters. The molecule has 1 fully saturated rings. The SMILES string of the molecule is CC1CCN(C(=O)Cc2ccc(F)c(F)c2)CC1N. The Hall–Kier alpha value is -1.49. The van der Waals surface area contributed by atoms with Crippen LogP contribution in [-0.4, -0.2) is 29.9 Å². The maximum atomic E-state index is 13.1. The molecule has 19 heavy (non-hydrogen) atoms. The number of benzene rings is 1. The third-order valence-electron chi connectivity index (χ3n) is 3.71. The Bertz CT molecular complexity index is 479. The van der Waals surface area contributed by atoms with Crippen molar-refractivity contribution in [1.82, 2.24) is 4.90 Å². The highest BCUT2D eigenvalue weighted by molar-refractivity contribution is 5.78. The molecule has 1 saturated heterocycles. The first kappa shape index (κ1) is 13.9. The van der Waals surface area contributed by atoms with Crippen molar-refractivity contribution in [3.05, 3.63) is 35.4 Å². The monoisotopic (exact) mass is 268 g/mol. The molecule has 1 aliphatic heterocycles. The lowest BCUT2D eigenvalue weighted by Gasteiger charge is -2.35. The summed E-state index contributed by atoms with van der Waals surface area (Å²) in [5, 5.41) is 0. The summed E-state index contributed by atoms with van der Waals surface area (Å²) in [5.41, 5.74) is 6.42. The van der Waals surface area contributed by atoms with E-state index in [0.29, 0.717) is 24.6 Å². The maximum absolute atomic E-state index is 13.1. The van der Waals surface area contributed by atoms with E-state index in [2.05, 4.69) is 6.92 Å². The van der Waals surface area contributed by atoms with Gasteiger partial charge in [-0.05, 0) is 30.0 Å². The van der Waals surface area contributed by atoms with Gasteiger partial charge in [0, 0.05) is 19.1 Å². The Morgan fingerprint density at radius 2 is 2.16 bits per heavy atom. The Morgan fingerprint density at radius 3 is 2.79 bits per heavy atom. The zero-order valence-electron chi connectivity index (χ0n) is 10.9. The fraction of sp³-hybridized carbons (Fsp3) is 0.500. The Labute approximate surface area is 111 Å². The lowest BCUT2D eigenvalue weighted by atomic mass is 9.94. The molecule has 1 aromatic carbocycles. The van der Waals surface area contributed by atoms with E-state index in [1.165, 1.54) is 6.07 Å². The number of piperidine rings is 1. The third-order valence-corrected chi connectivity index (χ3v) is 3.71. The Kier molecular flexibility index (Phi) is 4.14. The molecular weight excluding hydrogens is 250 g/mol. The summed E-state index contributed by atoms with van der Waals surface area (Å²) in [4.78, 5) is 13.8. The molecule has 1 aromatic rings. The average Bonchev–Trinajstić information content (AvgIpc) is 2.37. The minimum absolute atomic E-state index is 0.0114. The minimum atomic E-state index is -0.922. The standard InChI is InChI=1S/C14H18F2N2O/c1-9-4-5-18(8-13(9)17)14(19)7-10-2-3-11(15)12(16)6-10/h2-3,6,9,13H,4-5,7-8,17H2,1H3. The molecule has 0 aromatic heterocycles. The van der Waals surface area contributed by atoms with Crippen LogP contribution in [0.1, 0.15) is 18.9 Å². The normalized spacial score (nSPS) is 23.5. The second-order valence-electron chi connectivity index (χ2n) is 5.19. The molecule has 5 heteroatoms. The highest BCUT2D eigenvalue weighted by atomic mass is 19.2. The highest BCUT2D eigenvalue weighted by Gasteiger charge is 2.26. The van der Waals surface area contributed by atoms with E-state index < -0.39 is 11.6 Å². The van der Waals surface area contributed by atoms with Crippen LogP contribution in [0.2, 0.25) is 0 Å². The number of hydrogen-bond acceptors (Lipinski definition) is 2. The molecule has 0 spiro atoms. The number of carbonyl (C=O) groups excluding carboxylic acids is 1. The van der Waals surface area contributed by atoms with Gasteiger partial charge in [-0.3, -0.25) is 4.79 Å². The van der Waals surface area contributed by atoms with Crippen LogP contribution in [0, 0.1) is 17.6 Å². The van der Waals surface area contributed by atoms with Gasteiger partial charge in [0.15, 0.2) is 11.6 Å². The molecule has 1 amide bonds. The van der Waals surface area contributed by atoms with Gasteiger partial charge in [0.25, 0.3) is 0 Å². The lowest BCUT2D eigenvalue weighted by Crippen LogP contribution is -2.50. The number of amides is 1. The summed E-state index contributed by atoms with van der Waals surface area (Å²) >= 11 is 0. The average molecular weight is 268 g/mol. The van der Waals surface area contributed by atoms with Gasteiger partial charge in [-0.2, -0.15) is 0 Å². The number of nitrogens with two attached hydrogens (primary N) is 1. The molecule has 104 valence electrons. The maximum Gasteiger partial charge on any atom is 0.227 e. The van der Waals surface area contributed by atoms with E-state index >= 15 is 0 Å². The van der Waals surface area contributed by atoms with Crippen molar-refractivity contribution in [2.45, 2.75) is 25.8 Å². The van der Waals surface area contributed by atoms with Crippen molar-refractivity contribution in [3.63, 3.8) is 0 Å². The first-order chi connectivity index (χ1) is 8.97. The summed E-state index contributed by atoms with van der Waals surface area (Å²) in [7, 11) is 0. The zero-order valence-corrected chi connectivity index (χ0v) is 10.9. The summed E-state index contributed by atoms with van der Waals surface area (Å²) in [6, 6.07) is 3.53. The summed E-state index contributed by atoms with van der Waals surface area (Å²) in [5.74, 6) is -1.50. The number of rotatable bonds is 2. The van der Waals surface area contributed by atoms with Crippen molar-refractivity contribution in [2.75, 3.05) is 13.1 Å². The number of nitrogens with zero attached hydrogens (tertiary/aromatic N) is 1. The molecule has 1 heterocycles. The van der Waals surface area contributed by atoms with Crippen LogP contribution in [0.25, 0.3) is 0 Å². The van der Waals surface area contributed by atoms with Crippen molar-refractivity contribution in [2.24, 2.45) is 11.7 Å². The largest absolute Gasteiger partial charge is 0.341 e. The Balaban J connectivity index is 1.99. The van der Waals surface area contributed by atoms with Crippen LogP contribution in [0.15, 0.2) is 18.2 Å². The summed E-state index contributed by atoms with van der Waals surface area (Å²) < 4.78 is 25.9. The van der Waals surface area contributed by atoms with E-state index in [0.717, 1.165) is 18.6 Å². The minimum Gasteiger partial charge on any atom is -0.341 e. The van der Waals surface area contributed by atoms with E-state index in [1.54, 1.807) is 4.90 Å². The molecule has 0 aliphatic carbocycles. The van der Waals surface area contributed by atoms with Gasteiger partial charge in [-0.25, -0.2) is 8.78 Å². The quantitative estimate of drug-likeness (QED) is 0.887. The topological polar surface area (TPSA) is 46.3 Å². The second kappa shape index (κ2) is 5.65. The van der Waals surface area contributed by atoms with Crippen LogP contribution >= 0.6 is 0 Å². The number of carbonyl (C=O) groups is 1. The Morgan fingerprint density at radius 1 is 1.42 bits per heavy atom. The number of likely N-dealkylation sites (tertiary alicyclic amines) is 1. The third kappa shape index (κ3) is 3.29. The molecule has 2 N–H and O–H groups in total. The van der Waals surface area contributed by atoms with Gasteiger partial charge in [0.2, 0.25) is 5.91 Å². The van der Waals surface area contributed by atoms with Crippen molar-refractivity contribution in [1.29, 1.82) is 0 Å². The van der Waals surface area contributed by atoms with Crippen molar-refractivity contribution < 1.29 is 13.6 Å². The zero-order chi connectivity index (χ0) is 14.0. The van der Waals surface area contributed by atoms with Crippen molar-refractivity contribution in [3.8, 4) is 0 Å². The van der Waals surface area contributed by atoms with Gasteiger partial charge < -0.3 is 10.6 Å². The molecule has 1 aliphatic rings. The first-order valence-corrected chi connectivity index (χ1v) is 6.44. The highest BCUT2D eigenvalue weighted by Crippen LogP contribution is 2.17.